The lowest BCUT2D eigenvalue weighted by atomic mass is 9.86. The third kappa shape index (κ3) is 3.33. The van der Waals surface area contributed by atoms with Crippen molar-refractivity contribution in [2.75, 3.05) is 14.1 Å². The minimum absolute atomic E-state index is 0.0104. The predicted molar refractivity (Wildman–Crippen MR) is 78.0 cm³/mol. The maximum absolute atomic E-state index is 10.4. The zero-order valence-electron chi connectivity index (χ0n) is 12.8. The third-order valence-corrected chi connectivity index (χ3v) is 3.45. The van der Waals surface area contributed by atoms with Gasteiger partial charge in [0.1, 0.15) is 0 Å². The van der Waals surface area contributed by atoms with Crippen molar-refractivity contribution in [3.8, 4) is 0 Å². The largest absolute Gasteiger partial charge is 0.388 e. The molecule has 0 heterocycles. The van der Waals surface area contributed by atoms with Crippen LogP contribution in [0, 0.1) is 6.92 Å². The average Bonchev–Trinajstić information content (AvgIpc) is 2.18. The van der Waals surface area contributed by atoms with Crippen molar-refractivity contribution in [3.63, 3.8) is 0 Å². The highest BCUT2D eigenvalue weighted by atomic mass is 16.3. The van der Waals surface area contributed by atoms with Gasteiger partial charge in [-0.3, -0.25) is 4.90 Å². The molecule has 102 valence electrons. The predicted octanol–water partition coefficient (Wildman–Crippen LogP) is 3.49. The van der Waals surface area contributed by atoms with Crippen molar-refractivity contribution >= 4 is 0 Å². The fourth-order valence-corrected chi connectivity index (χ4v) is 2.60. The quantitative estimate of drug-likeness (QED) is 0.883. The number of likely N-dealkylation sites (N-methyl/N-ethyl adjacent to an activating group) is 1. The zero-order chi connectivity index (χ0) is 14.1. The highest BCUT2D eigenvalue weighted by Crippen LogP contribution is 2.33. The smallest absolute Gasteiger partial charge is 0.0787 e. The molecule has 0 spiro atoms. The highest BCUT2D eigenvalue weighted by Gasteiger charge is 2.31. The Bertz CT molecular complexity index is 402. The van der Waals surface area contributed by atoms with Gasteiger partial charge < -0.3 is 5.11 Å². The first-order valence-electron chi connectivity index (χ1n) is 6.63. The van der Waals surface area contributed by atoms with Crippen LogP contribution in [0.2, 0.25) is 0 Å². The molecule has 2 heteroatoms. The second kappa shape index (κ2) is 5.41. The lowest BCUT2D eigenvalue weighted by Crippen LogP contribution is -2.39. The summed E-state index contributed by atoms with van der Waals surface area (Å²) < 4.78 is 0. The van der Waals surface area contributed by atoms with Crippen molar-refractivity contribution in [1.29, 1.82) is 0 Å². The van der Waals surface area contributed by atoms with E-state index in [1.807, 2.05) is 27.9 Å². The number of hydrogen-bond acceptors (Lipinski definition) is 2. The van der Waals surface area contributed by atoms with E-state index in [-0.39, 0.29) is 6.04 Å². The standard InChI is InChI=1S/C16H27NO/c1-11(2)13-9-8-12(3)14(10-13)15(17(6)7)16(4,5)18/h8-11,15,18H,1-7H3. The molecule has 0 amide bonds. The first-order valence-corrected chi connectivity index (χ1v) is 6.63. The first kappa shape index (κ1) is 15.2. The number of benzene rings is 1. The Morgan fingerprint density at radius 2 is 1.72 bits per heavy atom. The van der Waals surface area contributed by atoms with E-state index in [1.54, 1.807) is 0 Å². The minimum Gasteiger partial charge on any atom is -0.388 e. The molecular weight excluding hydrogens is 222 g/mol. The van der Waals surface area contributed by atoms with E-state index in [9.17, 15) is 5.11 Å². The summed E-state index contributed by atoms with van der Waals surface area (Å²) >= 11 is 0. The highest BCUT2D eigenvalue weighted by molar-refractivity contribution is 5.36. The fraction of sp³-hybridized carbons (Fsp3) is 0.625. The van der Waals surface area contributed by atoms with Crippen molar-refractivity contribution in [2.45, 2.75) is 52.2 Å². The molecule has 0 aliphatic heterocycles. The van der Waals surface area contributed by atoms with E-state index in [0.717, 1.165) is 0 Å². The van der Waals surface area contributed by atoms with Crippen molar-refractivity contribution in [1.82, 2.24) is 4.90 Å². The van der Waals surface area contributed by atoms with Gasteiger partial charge >= 0.3 is 0 Å². The Balaban J connectivity index is 3.32. The number of aryl methyl sites for hydroxylation is 1. The lowest BCUT2D eigenvalue weighted by molar-refractivity contribution is -0.00345. The molecule has 0 fully saturated rings. The van der Waals surface area contributed by atoms with Gasteiger partial charge in [-0.25, -0.2) is 0 Å². The van der Waals surface area contributed by atoms with Crippen LogP contribution in [-0.2, 0) is 0 Å². The second-order valence-electron chi connectivity index (χ2n) is 6.29. The van der Waals surface area contributed by atoms with Crippen LogP contribution in [0.1, 0.15) is 56.3 Å². The molecule has 0 saturated carbocycles. The first-order chi connectivity index (χ1) is 8.14. The normalized spacial score (nSPS) is 14.3. The molecule has 1 aromatic carbocycles. The van der Waals surface area contributed by atoms with Gasteiger partial charge in [0.05, 0.1) is 11.6 Å². The molecule has 1 unspecified atom stereocenters. The zero-order valence-corrected chi connectivity index (χ0v) is 12.8. The Morgan fingerprint density at radius 3 is 2.11 bits per heavy atom. The topological polar surface area (TPSA) is 23.5 Å². The van der Waals surface area contributed by atoms with Crippen molar-refractivity contribution in [3.05, 3.63) is 34.9 Å². The van der Waals surface area contributed by atoms with Crippen LogP contribution in [0.3, 0.4) is 0 Å². The van der Waals surface area contributed by atoms with Gasteiger partial charge in [0, 0.05) is 0 Å². The molecular formula is C16H27NO. The van der Waals surface area contributed by atoms with Gasteiger partial charge in [-0.05, 0) is 57.5 Å². The monoisotopic (exact) mass is 249 g/mol. The summed E-state index contributed by atoms with van der Waals surface area (Å²) in [4.78, 5) is 2.09. The summed E-state index contributed by atoms with van der Waals surface area (Å²) in [6, 6.07) is 6.59. The van der Waals surface area contributed by atoms with Crippen LogP contribution in [0.4, 0.5) is 0 Å². The third-order valence-electron chi connectivity index (χ3n) is 3.45. The van der Waals surface area contributed by atoms with Crippen LogP contribution >= 0.6 is 0 Å². The van der Waals surface area contributed by atoms with Crippen LogP contribution in [0.25, 0.3) is 0 Å². The van der Waals surface area contributed by atoms with Gasteiger partial charge in [-0.15, -0.1) is 0 Å². The molecule has 1 rings (SSSR count). The fourth-order valence-electron chi connectivity index (χ4n) is 2.60. The van der Waals surface area contributed by atoms with Gasteiger partial charge in [0.25, 0.3) is 0 Å². The molecule has 0 bridgehead atoms. The van der Waals surface area contributed by atoms with Crippen LogP contribution in [0.5, 0.6) is 0 Å². The van der Waals surface area contributed by atoms with E-state index in [4.69, 9.17) is 0 Å². The molecule has 0 aliphatic carbocycles. The van der Waals surface area contributed by atoms with E-state index in [1.165, 1.54) is 16.7 Å². The number of hydrogen-bond donors (Lipinski definition) is 1. The van der Waals surface area contributed by atoms with E-state index >= 15 is 0 Å². The summed E-state index contributed by atoms with van der Waals surface area (Å²) in [5, 5.41) is 10.4. The number of rotatable bonds is 4. The number of aliphatic hydroxyl groups is 1. The molecule has 2 nitrogen and oxygen atoms in total. The Hall–Kier alpha value is -0.860. The van der Waals surface area contributed by atoms with Crippen LogP contribution < -0.4 is 0 Å². The summed E-state index contributed by atoms with van der Waals surface area (Å²) in [6.45, 7) is 10.3. The van der Waals surface area contributed by atoms with Crippen molar-refractivity contribution < 1.29 is 5.11 Å². The maximum Gasteiger partial charge on any atom is 0.0787 e. The molecule has 0 saturated heterocycles. The molecule has 0 radical (unpaired) electrons. The summed E-state index contributed by atoms with van der Waals surface area (Å²) in [7, 11) is 4.04. The van der Waals surface area contributed by atoms with Crippen LogP contribution in [0.15, 0.2) is 18.2 Å². The average molecular weight is 249 g/mol. The van der Waals surface area contributed by atoms with Gasteiger partial charge in [-0.2, -0.15) is 0 Å². The summed E-state index contributed by atoms with van der Waals surface area (Å²) in [6.07, 6.45) is 0. The van der Waals surface area contributed by atoms with Gasteiger partial charge in [0.2, 0.25) is 0 Å². The van der Waals surface area contributed by atoms with Gasteiger partial charge in [0.15, 0.2) is 0 Å². The SMILES string of the molecule is Cc1ccc(C(C)C)cc1C(N(C)C)C(C)(C)O. The second-order valence-corrected chi connectivity index (χ2v) is 6.29. The Labute approximate surface area is 112 Å². The van der Waals surface area contributed by atoms with E-state index in [0.29, 0.717) is 5.92 Å². The molecule has 1 aromatic rings. The Morgan fingerprint density at radius 1 is 1.17 bits per heavy atom. The Kier molecular flexibility index (Phi) is 4.57. The van der Waals surface area contributed by atoms with Crippen molar-refractivity contribution in [2.24, 2.45) is 0 Å². The van der Waals surface area contributed by atoms with Gasteiger partial charge in [-0.1, -0.05) is 32.0 Å². The molecule has 1 N–H and O–H groups in total. The van der Waals surface area contributed by atoms with Crippen LogP contribution in [-0.4, -0.2) is 29.7 Å². The maximum atomic E-state index is 10.4. The number of nitrogens with zero attached hydrogens (tertiary/aromatic N) is 1. The van der Waals surface area contributed by atoms with E-state index < -0.39 is 5.60 Å². The molecule has 1 atom stereocenters. The molecule has 0 aliphatic rings. The summed E-state index contributed by atoms with van der Waals surface area (Å²) in [5.74, 6) is 0.508. The summed E-state index contributed by atoms with van der Waals surface area (Å²) in [5.41, 5.74) is 3.02. The lowest BCUT2D eigenvalue weighted by Gasteiger charge is -2.36. The van der Waals surface area contributed by atoms with E-state index in [2.05, 4.69) is 43.9 Å². The molecule has 0 aromatic heterocycles. The molecule has 18 heavy (non-hydrogen) atoms. The minimum atomic E-state index is -0.760.